The highest BCUT2D eigenvalue weighted by Crippen LogP contribution is 2.22. The van der Waals surface area contributed by atoms with Crippen LogP contribution >= 0.6 is 0 Å². The number of anilines is 1. The smallest absolute Gasteiger partial charge is 0.134 e. The Morgan fingerprint density at radius 2 is 2.06 bits per heavy atom. The van der Waals surface area contributed by atoms with Crippen LogP contribution in [-0.2, 0) is 6.54 Å². The number of hydrogen-bond donors (Lipinski definition) is 2. The fraction of sp³-hybridized carbons (Fsp3) is 0.357. The average molecular weight is 229 g/mol. The molecule has 0 saturated carbocycles. The summed E-state index contributed by atoms with van der Waals surface area (Å²) in [5.74, 6) is 1.54. The van der Waals surface area contributed by atoms with Gasteiger partial charge >= 0.3 is 0 Å². The molecule has 0 fully saturated rings. The largest absolute Gasteiger partial charge is 0.369 e. The van der Waals surface area contributed by atoms with Gasteiger partial charge in [0.25, 0.3) is 0 Å². The zero-order valence-corrected chi connectivity index (χ0v) is 10.4. The van der Waals surface area contributed by atoms with Crippen molar-refractivity contribution in [1.29, 1.82) is 0 Å². The lowest BCUT2D eigenvalue weighted by atomic mass is 10.1. The third-order valence-electron chi connectivity index (χ3n) is 2.68. The molecule has 3 N–H and O–H groups in total. The van der Waals surface area contributed by atoms with E-state index in [4.69, 9.17) is 5.73 Å². The highest BCUT2D eigenvalue weighted by molar-refractivity contribution is 5.92. The second kappa shape index (κ2) is 5.15. The molecule has 0 amide bonds. The lowest BCUT2D eigenvalue weighted by Gasteiger charge is -2.12. The van der Waals surface area contributed by atoms with Crippen LogP contribution in [0.25, 0.3) is 10.8 Å². The zero-order chi connectivity index (χ0) is 12.3. The van der Waals surface area contributed by atoms with E-state index in [0.29, 0.717) is 12.5 Å². The zero-order valence-electron chi connectivity index (χ0n) is 10.4. The average Bonchev–Trinajstić information content (AvgIpc) is 2.35. The summed E-state index contributed by atoms with van der Waals surface area (Å²) in [4.78, 5) is 4.56. The maximum Gasteiger partial charge on any atom is 0.134 e. The Labute approximate surface area is 102 Å². The van der Waals surface area contributed by atoms with Crippen molar-refractivity contribution in [2.45, 2.75) is 20.4 Å². The van der Waals surface area contributed by atoms with Crippen molar-refractivity contribution in [3.05, 3.63) is 36.0 Å². The Morgan fingerprint density at radius 3 is 2.76 bits per heavy atom. The van der Waals surface area contributed by atoms with E-state index in [2.05, 4.69) is 42.3 Å². The molecule has 17 heavy (non-hydrogen) atoms. The molecule has 3 nitrogen and oxygen atoms in total. The quantitative estimate of drug-likeness (QED) is 0.847. The summed E-state index contributed by atoms with van der Waals surface area (Å²) in [7, 11) is 0. The van der Waals surface area contributed by atoms with Crippen molar-refractivity contribution in [2.75, 3.05) is 11.9 Å². The fourth-order valence-electron chi connectivity index (χ4n) is 1.79. The first-order valence-corrected chi connectivity index (χ1v) is 6.03. The minimum absolute atomic E-state index is 0.473. The van der Waals surface area contributed by atoms with Crippen LogP contribution in [0.5, 0.6) is 0 Å². The van der Waals surface area contributed by atoms with Crippen LogP contribution in [-0.4, -0.2) is 11.5 Å². The van der Waals surface area contributed by atoms with E-state index in [-0.39, 0.29) is 0 Å². The third kappa shape index (κ3) is 2.74. The van der Waals surface area contributed by atoms with E-state index < -0.39 is 0 Å². The van der Waals surface area contributed by atoms with Crippen molar-refractivity contribution >= 4 is 16.6 Å². The lowest BCUT2D eigenvalue weighted by molar-refractivity contribution is 0.687. The van der Waals surface area contributed by atoms with Gasteiger partial charge in [0.1, 0.15) is 5.82 Å². The molecule has 0 aliphatic rings. The normalized spacial score (nSPS) is 11.1. The first-order valence-electron chi connectivity index (χ1n) is 6.03. The van der Waals surface area contributed by atoms with E-state index in [1.165, 1.54) is 5.39 Å². The molecule has 3 heteroatoms. The van der Waals surface area contributed by atoms with Gasteiger partial charge in [-0.25, -0.2) is 4.98 Å². The number of aromatic nitrogens is 1. The number of fused-ring (bicyclic) bond motifs is 1. The van der Waals surface area contributed by atoms with Crippen LogP contribution in [0, 0.1) is 5.92 Å². The van der Waals surface area contributed by atoms with Crippen molar-refractivity contribution in [3.63, 3.8) is 0 Å². The van der Waals surface area contributed by atoms with Gasteiger partial charge in [0.05, 0.1) is 5.69 Å². The Balaban J connectivity index is 2.43. The van der Waals surface area contributed by atoms with Gasteiger partial charge in [-0.3, -0.25) is 0 Å². The topological polar surface area (TPSA) is 50.9 Å². The Kier molecular flexibility index (Phi) is 3.59. The van der Waals surface area contributed by atoms with E-state index in [1.807, 2.05) is 12.1 Å². The molecule has 90 valence electrons. The van der Waals surface area contributed by atoms with Crippen LogP contribution in [0.2, 0.25) is 0 Å². The molecular weight excluding hydrogens is 210 g/mol. The van der Waals surface area contributed by atoms with Gasteiger partial charge in [0, 0.05) is 18.5 Å². The molecule has 0 saturated heterocycles. The van der Waals surface area contributed by atoms with E-state index in [0.717, 1.165) is 23.4 Å². The Bertz CT molecular complexity index is 506. The number of hydrogen-bond acceptors (Lipinski definition) is 3. The van der Waals surface area contributed by atoms with Crippen molar-refractivity contribution < 1.29 is 0 Å². The van der Waals surface area contributed by atoms with Gasteiger partial charge in [-0.1, -0.05) is 38.1 Å². The second-order valence-corrected chi connectivity index (χ2v) is 4.66. The molecule has 0 unspecified atom stereocenters. The minimum Gasteiger partial charge on any atom is -0.369 e. The summed E-state index contributed by atoms with van der Waals surface area (Å²) in [5, 5.41) is 5.74. The second-order valence-electron chi connectivity index (χ2n) is 4.66. The molecule has 1 aromatic carbocycles. The number of nitrogens with two attached hydrogens (primary N) is 1. The van der Waals surface area contributed by atoms with Crippen LogP contribution < -0.4 is 11.1 Å². The van der Waals surface area contributed by atoms with E-state index >= 15 is 0 Å². The van der Waals surface area contributed by atoms with Gasteiger partial charge in [-0.2, -0.15) is 0 Å². The predicted octanol–water partition coefficient (Wildman–Crippen LogP) is 2.76. The summed E-state index contributed by atoms with van der Waals surface area (Å²) in [6.07, 6.45) is 0. The van der Waals surface area contributed by atoms with E-state index in [1.54, 1.807) is 0 Å². The minimum atomic E-state index is 0.473. The first-order chi connectivity index (χ1) is 8.20. The van der Waals surface area contributed by atoms with Gasteiger partial charge in [-0.05, 0) is 17.4 Å². The summed E-state index contributed by atoms with van der Waals surface area (Å²) in [6.45, 7) is 5.76. The van der Waals surface area contributed by atoms with Crippen molar-refractivity contribution in [1.82, 2.24) is 4.98 Å². The molecule has 2 rings (SSSR count). The van der Waals surface area contributed by atoms with Gasteiger partial charge in [-0.15, -0.1) is 0 Å². The molecule has 0 radical (unpaired) electrons. The number of nitrogens with zero attached hydrogens (tertiary/aromatic N) is 1. The number of pyridine rings is 1. The molecule has 1 heterocycles. The van der Waals surface area contributed by atoms with Gasteiger partial charge in [0.15, 0.2) is 0 Å². The lowest BCUT2D eigenvalue weighted by Crippen LogP contribution is -2.11. The maximum atomic E-state index is 5.68. The van der Waals surface area contributed by atoms with Crippen molar-refractivity contribution in [3.8, 4) is 0 Å². The summed E-state index contributed by atoms with van der Waals surface area (Å²) < 4.78 is 0. The highest BCUT2D eigenvalue weighted by atomic mass is 15.0. The fourth-order valence-corrected chi connectivity index (χ4v) is 1.79. The molecular formula is C14H19N3. The molecule has 0 aliphatic heterocycles. The van der Waals surface area contributed by atoms with Gasteiger partial charge in [0.2, 0.25) is 0 Å². The number of nitrogens with one attached hydrogen (secondary N) is 1. The molecule has 1 aromatic heterocycles. The van der Waals surface area contributed by atoms with Crippen molar-refractivity contribution in [2.24, 2.45) is 11.7 Å². The molecule has 0 atom stereocenters. The summed E-state index contributed by atoms with van der Waals surface area (Å²) in [5.41, 5.74) is 6.60. The maximum absolute atomic E-state index is 5.68. The van der Waals surface area contributed by atoms with E-state index in [9.17, 15) is 0 Å². The SMILES string of the molecule is CC(C)CNc1nc(CN)cc2ccccc12. The molecule has 0 bridgehead atoms. The van der Waals surface area contributed by atoms with Crippen LogP contribution in [0.3, 0.4) is 0 Å². The molecule has 2 aromatic rings. The Morgan fingerprint density at radius 1 is 1.29 bits per heavy atom. The molecule has 0 spiro atoms. The monoisotopic (exact) mass is 229 g/mol. The summed E-state index contributed by atoms with van der Waals surface area (Å²) >= 11 is 0. The highest BCUT2D eigenvalue weighted by Gasteiger charge is 2.05. The third-order valence-corrected chi connectivity index (χ3v) is 2.68. The molecule has 0 aliphatic carbocycles. The van der Waals surface area contributed by atoms with Gasteiger partial charge < -0.3 is 11.1 Å². The van der Waals surface area contributed by atoms with Crippen LogP contribution in [0.1, 0.15) is 19.5 Å². The predicted molar refractivity (Wildman–Crippen MR) is 73.0 cm³/mol. The standard InChI is InChI=1S/C14H19N3/c1-10(2)9-16-14-13-6-4-3-5-11(13)7-12(8-15)17-14/h3-7,10H,8-9,15H2,1-2H3,(H,16,17). The number of benzene rings is 1. The van der Waals surface area contributed by atoms with Crippen LogP contribution in [0.15, 0.2) is 30.3 Å². The summed E-state index contributed by atoms with van der Waals surface area (Å²) in [6, 6.07) is 10.3. The Hall–Kier alpha value is -1.61. The van der Waals surface area contributed by atoms with Crippen LogP contribution in [0.4, 0.5) is 5.82 Å². The number of rotatable bonds is 4. The first kappa shape index (κ1) is 11.9.